The van der Waals surface area contributed by atoms with Crippen molar-refractivity contribution in [3.05, 3.63) is 58.1 Å². The first-order chi connectivity index (χ1) is 13.0. The molecule has 1 fully saturated rings. The first kappa shape index (κ1) is 21.0. The van der Waals surface area contributed by atoms with E-state index in [2.05, 4.69) is 4.90 Å². The number of nitrogens with zero attached hydrogens (tertiary/aromatic N) is 2. The predicted molar refractivity (Wildman–Crippen MR) is 103 cm³/mol. The maximum Gasteiger partial charge on any atom is 0.416 e. The van der Waals surface area contributed by atoms with Crippen LogP contribution >= 0.6 is 11.6 Å². The molecule has 0 amide bonds. The SMILES string of the molecule is Cc1ccc(C)c(N2CCN(S(=O)(=O)c3cc(C(F)(F)F)ccc3Cl)CC2)c1. The summed E-state index contributed by atoms with van der Waals surface area (Å²) in [6.07, 6.45) is -4.64. The van der Waals surface area contributed by atoms with Crippen molar-refractivity contribution in [1.82, 2.24) is 4.31 Å². The van der Waals surface area contributed by atoms with Gasteiger partial charge in [-0.3, -0.25) is 0 Å². The van der Waals surface area contributed by atoms with E-state index in [1.54, 1.807) is 0 Å². The van der Waals surface area contributed by atoms with Crippen molar-refractivity contribution in [2.45, 2.75) is 24.9 Å². The summed E-state index contributed by atoms with van der Waals surface area (Å²) in [6.45, 7) is 5.20. The summed E-state index contributed by atoms with van der Waals surface area (Å²) in [5.74, 6) is 0. The summed E-state index contributed by atoms with van der Waals surface area (Å²) in [6, 6.07) is 8.42. The molecule has 0 aliphatic carbocycles. The number of benzene rings is 2. The van der Waals surface area contributed by atoms with Crippen molar-refractivity contribution in [2.24, 2.45) is 0 Å². The number of aryl methyl sites for hydroxylation is 2. The average Bonchev–Trinajstić information content (AvgIpc) is 2.63. The molecule has 2 aromatic rings. The Balaban J connectivity index is 1.83. The van der Waals surface area contributed by atoms with Crippen molar-refractivity contribution < 1.29 is 21.6 Å². The third kappa shape index (κ3) is 4.14. The van der Waals surface area contributed by atoms with Gasteiger partial charge in [-0.15, -0.1) is 0 Å². The quantitative estimate of drug-likeness (QED) is 0.717. The Morgan fingerprint density at radius 3 is 2.21 bits per heavy atom. The summed E-state index contributed by atoms with van der Waals surface area (Å²) in [7, 11) is -4.12. The molecule has 4 nitrogen and oxygen atoms in total. The lowest BCUT2D eigenvalue weighted by Gasteiger charge is -2.36. The van der Waals surface area contributed by atoms with E-state index < -0.39 is 26.7 Å². The Morgan fingerprint density at radius 1 is 0.964 bits per heavy atom. The first-order valence-electron chi connectivity index (χ1n) is 8.69. The van der Waals surface area contributed by atoms with Gasteiger partial charge in [-0.2, -0.15) is 17.5 Å². The Hall–Kier alpha value is -1.77. The highest BCUT2D eigenvalue weighted by atomic mass is 35.5. The molecule has 0 bridgehead atoms. The molecule has 1 aliphatic heterocycles. The van der Waals surface area contributed by atoms with E-state index in [0.29, 0.717) is 19.2 Å². The predicted octanol–water partition coefficient (Wildman–Crippen LogP) is 4.49. The lowest BCUT2D eigenvalue weighted by molar-refractivity contribution is -0.137. The Labute approximate surface area is 167 Å². The van der Waals surface area contributed by atoms with Crippen LogP contribution in [0, 0.1) is 13.8 Å². The molecule has 1 heterocycles. The Morgan fingerprint density at radius 2 is 1.61 bits per heavy atom. The van der Waals surface area contributed by atoms with Crippen LogP contribution in [0.25, 0.3) is 0 Å². The largest absolute Gasteiger partial charge is 0.416 e. The van der Waals surface area contributed by atoms with Gasteiger partial charge >= 0.3 is 6.18 Å². The zero-order valence-corrected chi connectivity index (χ0v) is 17.0. The topological polar surface area (TPSA) is 40.6 Å². The molecule has 0 radical (unpaired) electrons. The van der Waals surface area contributed by atoms with E-state index in [1.165, 1.54) is 4.31 Å². The lowest BCUT2D eigenvalue weighted by Crippen LogP contribution is -2.49. The molecule has 0 unspecified atom stereocenters. The summed E-state index contributed by atoms with van der Waals surface area (Å²) in [5, 5.41) is -0.218. The molecule has 28 heavy (non-hydrogen) atoms. The fraction of sp³-hybridized carbons (Fsp3) is 0.368. The number of alkyl halides is 3. The second-order valence-corrected chi connectivity index (χ2v) is 9.14. The number of rotatable bonds is 3. The van der Waals surface area contributed by atoms with E-state index in [0.717, 1.165) is 28.9 Å². The van der Waals surface area contributed by atoms with Gasteiger partial charge < -0.3 is 4.90 Å². The minimum absolute atomic E-state index is 0.169. The smallest absolute Gasteiger partial charge is 0.369 e. The van der Waals surface area contributed by atoms with Gasteiger partial charge in [0.15, 0.2) is 0 Å². The van der Waals surface area contributed by atoms with Crippen LogP contribution in [0.4, 0.5) is 18.9 Å². The second-order valence-electron chi connectivity index (χ2n) is 6.82. The fourth-order valence-electron chi connectivity index (χ4n) is 3.25. The van der Waals surface area contributed by atoms with E-state index in [-0.39, 0.29) is 18.1 Å². The zero-order valence-electron chi connectivity index (χ0n) is 15.4. The maximum absolute atomic E-state index is 13.0. The molecule has 1 aliphatic rings. The Bertz CT molecular complexity index is 985. The van der Waals surface area contributed by atoms with Gasteiger partial charge in [-0.05, 0) is 49.2 Å². The van der Waals surface area contributed by atoms with Gasteiger partial charge in [0, 0.05) is 31.9 Å². The average molecular weight is 433 g/mol. The third-order valence-electron chi connectivity index (χ3n) is 4.82. The van der Waals surface area contributed by atoms with Gasteiger partial charge in [0.05, 0.1) is 10.6 Å². The van der Waals surface area contributed by atoms with Gasteiger partial charge in [-0.1, -0.05) is 23.7 Å². The standard InChI is InChI=1S/C19H20ClF3N2O2S/c1-13-3-4-14(2)17(11-13)24-7-9-25(10-8-24)28(26,27)18-12-15(19(21,22)23)5-6-16(18)20/h3-6,11-12H,7-10H2,1-2H3. The normalized spacial score (nSPS) is 16.4. The molecule has 0 atom stereocenters. The highest BCUT2D eigenvalue weighted by molar-refractivity contribution is 7.89. The number of piperazine rings is 1. The van der Waals surface area contributed by atoms with E-state index in [1.807, 2.05) is 32.0 Å². The molecule has 0 N–H and O–H groups in total. The van der Waals surface area contributed by atoms with Crippen LogP contribution in [0.3, 0.4) is 0 Å². The Kier molecular flexibility index (Phi) is 5.67. The minimum atomic E-state index is -4.64. The second kappa shape index (κ2) is 7.57. The molecular formula is C19H20ClF3N2O2S. The summed E-state index contributed by atoms with van der Waals surface area (Å²) in [4.78, 5) is 1.58. The van der Waals surface area contributed by atoms with Crippen LogP contribution in [0.1, 0.15) is 16.7 Å². The molecule has 0 spiro atoms. The summed E-state index contributed by atoms with van der Waals surface area (Å²) in [5.41, 5.74) is 2.19. The molecule has 152 valence electrons. The summed E-state index contributed by atoms with van der Waals surface area (Å²) >= 11 is 5.93. The van der Waals surface area contributed by atoms with Crippen molar-refractivity contribution >= 4 is 27.3 Å². The van der Waals surface area contributed by atoms with Crippen molar-refractivity contribution in [1.29, 1.82) is 0 Å². The van der Waals surface area contributed by atoms with Crippen LogP contribution in [-0.4, -0.2) is 38.9 Å². The molecule has 2 aromatic carbocycles. The molecule has 0 saturated carbocycles. The highest BCUT2D eigenvalue weighted by Crippen LogP contribution is 2.35. The van der Waals surface area contributed by atoms with Crippen LogP contribution in [-0.2, 0) is 16.2 Å². The van der Waals surface area contributed by atoms with Crippen molar-refractivity contribution in [2.75, 3.05) is 31.1 Å². The maximum atomic E-state index is 13.0. The lowest BCUT2D eigenvalue weighted by atomic mass is 10.1. The van der Waals surface area contributed by atoms with Crippen LogP contribution in [0.5, 0.6) is 0 Å². The highest BCUT2D eigenvalue weighted by Gasteiger charge is 2.35. The van der Waals surface area contributed by atoms with Gasteiger partial charge in [0.2, 0.25) is 10.0 Å². The van der Waals surface area contributed by atoms with E-state index in [4.69, 9.17) is 11.6 Å². The molecule has 0 aromatic heterocycles. The molecule has 3 rings (SSSR count). The number of hydrogen-bond acceptors (Lipinski definition) is 3. The van der Waals surface area contributed by atoms with Crippen LogP contribution in [0.15, 0.2) is 41.3 Å². The molecule has 1 saturated heterocycles. The van der Waals surface area contributed by atoms with Crippen LogP contribution < -0.4 is 4.90 Å². The number of sulfonamides is 1. The van der Waals surface area contributed by atoms with Gasteiger partial charge in [0.1, 0.15) is 4.90 Å². The zero-order chi connectivity index (χ0) is 20.7. The molecule has 9 heteroatoms. The van der Waals surface area contributed by atoms with Crippen molar-refractivity contribution in [3.8, 4) is 0 Å². The number of halogens is 4. The summed E-state index contributed by atoms with van der Waals surface area (Å²) < 4.78 is 65.9. The van der Waals surface area contributed by atoms with E-state index in [9.17, 15) is 21.6 Å². The molecular weight excluding hydrogens is 413 g/mol. The fourth-order valence-corrected chi connectivity index (χ4v) is 5.17. The monoisotopic (exact) mass is 432 g/mol. The first-order valence-corrected chi connectivity index (χ1v) is 10.5. The minimum Gasteiger partial charge on any atom is -0.369 e. The van der Waals surface area contributed by atoms with Crippen LogP contribution in [0.2, 0.25) is 5.02 Å². The van der Waals surface area contributed by atoms with Crippen molar-refractivity contribution in [3.63, 3.8) is 0 Å². The van der Waals surface area contributed by atoms with Gasteiger partial charge in [-0.25, -0.2) is 8.42 Å². The van der Waals surface area contributed by atoms with Gasteiger partial charge in [0.25, 0.3) is 0 Å². The third-order valence-corrected chi connectivity index (χ3v) is 7.20. The number of anilines is 1. The van der Waals surface area contributed by atoms with E-state index >= 15 is 0 Å². The number of hydrogen-bond donors (Lipinski definition) is 0.